The van der Waals surface area contributed by atoms with E-state index in [1.807, 2.05) is 15.9 Å². The molecule has 6 nitrogen and oxygen atoms in total. The molecule has 0 saturated heterocycles. The number of fused-ring (bicyclic) bond motifs is 4. The first-order valence-electron chi connectivity index (χ1n) is 11.9. The van der Waals surface area contributed by atoms with E-state index in [2.05, 4.69) is 78.0 Å². The van der Waals surface area contributed by atoms with E-state index in [-0.39, 0.29) is 5.56 Å². The predicted molar refractivity (Wildman–Crippen MR) is 147 cm³/mol. The van der Waals surface area contributed by atoms with Crippen LogP contribution >= 0.6 is 34.4 Å². The molecule has 4 aromatic rings. The highest BCUT2D eigenvalue weighted by Gasteiger charge is 2.31. The molecule has 2 aliphatic heterocycles. The zero-order valence-corrected chi connectivity index (χ0v) is 22.8. The number of aliphatic carboxylic acids is 1. The fourth-order valence-corrected chi connectivity index (χ4v) is 8.57. The number of para-hydroxylation sites is 2. The molecule has 0 fully saturated rings. The van der Waals surface area contributed by atoms with Crippen molar-refractivity contribution < 1.29 is 14.5 Å². The van der Waals surface area contributed by atoms with E-state index < -0.39 is 5.97 Å². The number of thioether (sulfide) groups is 1. The molecule has 1 atom stereocenters. The van der Waals surface area contributed by atoms with E-state index in [0.29, 0.717) is 12.5 Å². The van der Waals surface area contributed by atoms with Gasteiger partial charge in [0.2, 0.25) is 10.5 Å². The maximum atomic E-state index is 13.4. The second kappa shape index (κ2) is 10.2. The molecule has 0 N–H and O–H groups in total. The van der Waals surface area contributed by atoms with Crippen LogP contribution in [0.2, 0.25) is 0 Å². The van der Waals surface area contributed by atoms with Crippen molar-refractivity contribution in [1.82, 2.24) is 4.57 Å². The second-order valence-corrected chi connectivity index (χ2v) is 11.8. The minimum Gasteiger partial charge on any atom is -0.550 e. The van der Waals surface area contributed by atoms with Crippen molar-refractivity contribution in [2.75, 3.05) is 11.9 Å². The van der Waals surface area contributed by atoms with Crippen molar-refractivity contribution in [2.24, 2.45) is 0 Å². The Morgan fingerprint density at radius 1 is 1.17 bits per heavy atom. The molecule has 2 aromatic carbocycles. The third-order valence-electron chi connectivity index (χ3n) is 6.35. The zero-order valence-electron chi connectivity index (χ0n) is 20.4. The number of hydrogen-bond acceptors (Lipinski definition) is 7. The molecule has 4 heterocycles. The molecular weight excluding hydrogens is 511 g/mol. The number of benzene rings is 2. The summed E-state index contributed by atoms with van der Waals surface area (Å²) in [6.07, 6.45) is 4.65. The molecule has 36 heavy (non-hydrogen) atoms. The highest BCUT2D eigenvalue weighted by molar-refractivity contribution is 8.08. The number of anilines is 1. The highest BCUT2D eigenvalue weighted by atomic mass is 32.2. The van der Waals surface area contributed by atoms with E-state index >= 15 is 0 Å². The van der Waals surface area contributed by atoms with Crippen LogP contribution in [0.25, 0.3) is 21.3 Å². The average molecular weight is 538 g/mol. The van der Waals surface area contributed by atoms with Crippen LogP contribution in [-0.4, -0.2) is 17.6 Å². The molecule has 0 amide bonds. The Balaban J connectivity index is 0.000000623. The lowest BCUT2D eigenvalue weighted by Crippen LogP contribution is -2.41. The Hall–Kier alpha value is -2.88. The molecule has 1 unspecified atom stereocenters. The molecule has 0 saturated carbocycles. The second-order valence-electron chi connectivity index (χ2n) is 8.72. The van der Waals surface area contributed by atoms with Gasteiger partial charge in [0.05, 0.1) is 16.3 Å². The number of carbonyl (C=O) groups is 1. The number of nitrogens with zero attached hydrogens (tertiary/aromatic N) is 3. The molecule has 0 radical (unpaired) electrons. The fraction of sp³-hybridized carbons (Fsp3) is 0.296. The lowest BCUT2D eigenvalue weighted by molar-refractivity contribution is -0.680. The number of thiazole rings is 2. The van der Waals surface area contributed by atoms with Gasteiger partial charge in [-0.1, -0.05) is 47.4 Å². The Labute approximate surface area is 221 Å². The molecule has 186 valence electrons. The van der Waals surface area contributed by atoms with Gasteiger partial charge in [-0.3, -0.25) is 9.36 Å². The summed E-state index contributed by atoms with van der Waals surface area (Å²) in [5, 5.41) is 11.3. The van der Waals surface area contributed by atoms with Crippen molar-refractivity contribution in [3.05, 3.63) is 73.1 Å². The zero-order chi connectivity index (χ0) is 25.4. The first kappa shape index (κ1) is 24.8. The number of aryl methyl sites for hydroxylation is 1. The van der Waals surface area contributed by atoms with Gasteiger partial charge >= 0.3 is 0 Å². The summed E-state index contributed by atoms with van der Waals surface area (Å²) in [5.74, 6) is -0.735. The quantitative estimate of drug-likeness (QED) is 0.368. The largest absolute Gasteiger partial charge is 0.550 e. The summed E-state index contributed by atoms with van der Waals surface area (Å²) in [6.45, 7) is 4.81. The predicted octanol–water partition coefficient (Wildman–Crippen LogP) is 2.85. The van der Waals surface area contributed by atoms with Crippen LogP contribution in [0.4, 0.5) is 5.69 Å². The first-order chi connectivity index (χ1) is 17.4. The monoisotopic (exact) mass is 537 g/mol. The minimum absolute atomic E-state index is 0.130. The first-order valence-corrected chi connectivity index (χ1v) is 14.4. The third kappa shape index (κ3) is 4.51. The van der Waals surface area contributed by atoms with E-state index in [1.165, 1.54) is 32.2 Å². The minimum atomic E-state index is -1.08. The molecule has 6 rings (SSSR count). The summed E-state index contributed by atoms with van der Waals surface area (Å²) in [4.78, 5) is 25.7. The molecule has 0 aliphatic carbocycles. The van der Waals surface area contributed by atoms with Gasteiger partial charge in [0.15, 0.2) is 0 Å². The van der Waals surface area contributed by atoms with Crippen molar-refractivity contribution >= 4 is 67.4 Å². The molecule has 0 spiro atoms. The van der Waals surface area contributed by atoms with Crippen LogP contribution in [0.1, 0.15) is 37.6 Å². The van der Waals surface area contributed by atoms with Gasteiger partial charge in [-0.05, 0) is 44.5 Å². The van der Waals surface area contributed by atoms with E-state index in [0.717, 1.165) is 34.1 Å². The van der Waals surface area contributed by atoms with Gasteiger partial charge in [-0.2, -0.15) is 4.57 Å². The van der Waals surface area contributed by atoms with Gasteiger partial charge in [0.1, 0.15) is 20.8 Å². The van der Waals surface area contributed by atoms with Gasteiger partial charge < -0.3 is 14.8 Å². The lowest BCUT2D eigenvalue weighted by Gasteiger charge is -2.13. The highest BCUT2D eigenvalue weighted by Crippen LogP contribution is 2.45. The Bertz CT molecular complexity index is 1630. The summed E-state index contributed by atoms with van der Waals surface area (Å²) in [7, 11) is 2.06. The van der Waals surface area contributed by atoms with Crippen LogP contribution in [0.3, 0.4) is 0 Å². The van der Waals surface area contributed by atoms with E-state index in [4.69, 9.17) is 9.90 Å². The molecule has 9 heteroatoms. The van der Waals surface area contributed by atoms with E-state index in [9.17, 15) is 4.79 Å². The van der Waals surface area contributed by atoms with Gasteiger partial charge in [-0.25, -0.2) is 0 Å². The van der Waals surface area contributed by atoms with Crippen LogP contribution in [0.15, 0.2) is 58.2 Å². The standard InChI is InChI=1S/C25H24N3OS3.C2H4O2/c1-3-27-21(15-16-9-8-14-28-18-11-5-7-13-20(18)30-24(16)28)32-22(23(27)29)25-26(2)17-10-4-6-12-19(17)31-25;1-2(3)4/h4-7,10-13,15-16H,3,8-9,14H2,1-2H3;1H3,(H,3,4)/q+1;/p-1/b21-15-,25-22+;. The Morgan fingerprint density at radius 3 is 2.64 bits per heavy atom. The van der Waals surface area contributed by atoms with Gasteiger partial charge in [0.25, 0.3) is 5.56 Å². The topological polar surface area (TPSA) is 69.2 Å². The van der Waals surface area contributed by atoms with Gasteiger partial charge in [0, 0.05) is 36.9 Å². The van der Waals surface area contributed by atoms with Crippen molar-refractivity contribution in [3.8, 4) is 0 Å². The summed E-state index contributed by atoms with van der Waals surface area (Å²) >= 11 is 5.25. The Kier molecular flexibility index (Phi) is 7.05. The van der Waals surface area contributed by atoms with Crippen LogP contribution in [-0.2, 0) is 17.9 Å². The van der Waals surface area contributed by atoms with Crippen molar-refractivity contribution in [1.29, 1.82) is 0 Å². The van der Waals surface area contributed by atoms with Crippen LogP contribution in [0.5, 0.6) is 0 Å². The van der Waals surface area contributed by atoms with Crippen LogP contribution in [0, 0.1) is 0 Å². The van der Waals surface area contributed by atoms with Gasteiger partial charge in [-0.15, -0.1) is 11.3 Å². The van der Waals surface area contributed by atoms with Crippen molar-refractivity contribution in [3.63, 3.8) is 0 Å². The fourth-order valence-electron chi connectivity index (χ4n) is 4.76. The maximum Gasteiger partial charge on any atom is 0.271 e. The van der Waals surface area contributed by atoms with Crippen LogP contribution < -0.4 is 29.3 Å². The number of hydrogen-bond donors (Lipinski definition) is 0. The maximum absolute atomic E-state index is 13.4. The summed E-state index contributed by atoms with van der Waals surface area (Å²) < 4.78 is 7.72. The lowest BCUT2D eigenvalue weighted by atomic mass is 10.0. The average Bonchev–Trinajstić information content (AvgIpc) is 3.50. The number of aromatic nitrogens is 2. The van der Waals surface area contributed by atoms with E-state index in [1.54, 1.807) is 23.1 Å². The molecule has 2 aromatic heterocycles. The number of carbonyl (C=O) groups excluding carboxylic acids is 1. The number of carboxylic acids is 1. The van der Waals surface area contributed by atoms with Crippen molar-refractivity contribution in [2.45, 2.75) is 50.6 Å². The molecule has 0 bridgehead atoms. The number of carboxylic acid groups (broad SMARTS) is 1. The smallest absolute Gasteiger partial charge is 0.271 e. The third-order valence-corrected chi connectivity index (χ3v) is 10.2. The molecule has 2 aliphatic rings. The summed E-state index contributed by atoms with van der Waals surface area (Å²) in [5.41, 5.74) is 2.64. The SMILES string of the molecule is CC(=O)[O-].CCn1c(=O)/c(=C2\Sc3ccccc3N2C)s/c1=C\C1CCC[n+]2c1sc1ccccc12. The normalized spacial score (nSPS) is 18.6. The molecular formula is C27H27N3O3S3. The number of rotatable bonds is 2. The summed E-state index contributed by atoms with van der Waals surface area (Å²) in [6, 6.07) is 17.1. The Morgan fingerprint density at radius 2 is 1.89 bits per heavy atom.